The van der Waals surface area contributed by atoms with Crippen molar-refractivity contribution in [3.8, 4) is 6.07 Å². The SMILES string of the molecule is C=C(c1ccc(C)c(NS(=O)(=O)c2ccccc2)c1)N1CCC(c2ccc(C#N)cc2)CC1. The van der Waals surface area contributed by atoms with Crippen LogP contribution in [-0.4, -0.2) is 26.4 Å². The number of aryl methyl sites for hydroxylation is 1. The minimum absolute atomic E-state index is 0.235. The zero-order chi connectivity index (χ0) is 23.4. The van der Waals surface area contributed by atoms with Gasteiger partial charge in [-0.15, -0.1) is 0 Å². The third kappa shape index (κ3) is 5.10. The first-order chi connectivity index (χ1) is 15.9. The standard InChI is InChI=1S/C27H27N3O2S/c1-20-8-11-25(18-27(20)29-33(31,32)26-6-4-3-5-7-26)21(2)30-16-14-24(15-17-30)23-12-9-22(19-28)10-13-23/h3-13,18,24,29H,2,14-17H2,1H3. The van der Waals surface area contributed by atoms with Crippen molar-refractivity contribution in [3.05, 3.63) is 102 Å². The summed E-state index contributed by atoms with van der Waals surface area (Å²) in [5, 5.41) is 9.00. The maximum Gasteiger partial charge on any atom is 0.261 e. The largest absolute Gasteiger partial charge is 0.371 e. The molecule has 0 radical (unpaired) electrons. The van der Waals surface area contributed by atoms with E-state index in [1.807, 2.05) is 37.3 Å². The third-order valence-electron chi connectivity index (χ3n) is 6.26. The minimum Gasteiger partial charge on any atom is -0.371 e. The van der Waals surface area contributed by atoms with E-state index in [0.29, 0.717) is 17.2 Å². The second-order valence-electron chi connectivity index (χ2n) is 8.39. The van der Waals surface area contributed by atoms with Crippen LogP contribution in [0, 0.1) is 18.3 Å². The molecule has 6 heteroatoms. The molecule has 4 rings (SSSR count). The van der Waals surface area contributed by atoms with Gasteiger partial charge in [-0.2, -0.15) is 5.26 Å². The molecule has 1 aliphatic rings. The zero-order valence-electron chi connectivity index (χ0n) is 18.7. The summed E-state index contributed by atoms with van der Waals surface area (Å²) in [6.07, 6.45) is 2.01. The van der Waals surface area contributed by atoms with E-state index < -0.39 is 10.0 Å². The van der Waals surface area contributed by atoms with Crippen LogP contribution < -0.4 is 4.72 Å². The third-order valence-corrected chi connectivity index (χ3v) is 7.64. The van der Waals surface area contributed by atoms with Crippen molar-refractivity contribution in [1.82, 2.24) is 4.90 Å². The molecule has 3 aromatic carbocycles. The lowest BCUT2D eigenvalue weighted by Crippen LogP contribution is -2.31. The van der Waals surface area contributed by atoms with Gasteiger partial charge in [0.1, 0.15) is 0 Å². The number of nitrogens with zero attached hydrogens (tertiary/aromatic N) is 2. The molecule has 1 aliphatic heterocycles. The smallest absolute Gasteiger partial charge is 0.261 e. The summed E-state index contributed by atoms with van der Waals surface area (Å²) in [6.45, 7) is 7.95. The van der Waals surface area contributed by atoms with Crippen molar-refractivity contribution < 1.29 is 8.42 Å². The molecule has 0 aliphatic carbocycles. The molecule has 0 bridgehead atoms. The average Bonchev–Trinajstić information content (AvgIpc) is 2.85. The van der Waals surface area contributed by atoms with Crippen molar-refractivity contribution in [2.45, 2.75) is 30.6 Å². The molecule has 33 heavy (non-hydrogen) atoms. The maximum absolute atomic E-state index is 12.8. The van der Waals surface area contributed by atoms with E-state index in [9.17, 15) is 8.42 Å². The molecule has 0 amide bonds. The summed E-state index contributed by atoms with van der Waals surface area (Å²) in [5.74, 6) is 0.466. The fourth-order valence-electron chi connectivity index (χ4n) is 4.21. The van der Waals surface area contributed by atoms with E-state index in [-0.39, 0.29) is 4.90 Å². The number of rotatable bonds is 6. The molecule has 5 nitrogen and oxygen atoms in total. The number of hydrogen-bond donors (Lipinski definition) is 1. The number of nitrogens with one attached hydrogen (secondary N) is 1. The van der Waals surface area contributed by atoms with E-state index in [1.165, 1.54) is 5.56 Å². The predicted molar refractivity (Wildman–Crippen MR) is 132 cm³/mol. The monoisotopic (exact) mass is 457 g/mol. The normalized spacial score (nSPS) is 14.5. The Kier molecular flexibility index (Phi) is 6.52. The fourth-order valence-corrected chi connectivity index (χ4v) is 5.35. The van der Waals surface area contributed by atoms with Crippen LogP contribution in [-0.2, 0) is 10.0 Å². The highest BCUT2D eigenvalue weighted by Crippen LogP contribution is 2.33. The van der Waals surface area contributed by atoms with Crippen molar-refractivity contribution in [2.24, 2.45) is 0 Å². The lowest BCUT2D eigenvalue weighted by Gasteiger charge is -2.35. The van der Waals surface area contributed by atoms with Crippen LogP contribution in [0.2, 0.25) is 0 Å². The summed E-state index contributed by atoms with van der Waals surface area (Å²) >= 11 is 0. The van der Waals surface area contributed by atoms with Gasteiger partial charge in [0.25, 0.3) is 10.0 Å². The Morgan fingerprint density at radius 2 is 1.70 bits per heavy atom. The van der Waals surface area contributed by atoms with Gasteiger partial charge in [-0.25, -0.2) is 8.42 Å². The van der Waals surface area contributed by atoms with Gasteiger partial charge in [-0.3, -0.25) is 4.72 Å². The van der Waals surface area contributed by atoms with Crippen LogP contribution in [0.1, 0.15) is 41.0 Å². The summed E-state index contributed by atoms with van der Waals surface area (Å²) in [6, 6.07) is 24.2. The number of sulfonamides is 1. The molecule has 0 spiro atoms. The summed E-state index contributed by atoms with van der Waals surface area (Å²) in [5.41, 5.74) is 5.17. The van der Waals surface area contributed by atoms with Crippen LogP contribution >= 0.6 is 0 Å². The van der Waals surface area contributed by atoms with Gasteiger partial charge in [0, 0.05) is 18.8 Å². The van der Waals surface area contributed by atoms with Crippen molar-refractivity contribution in [1.29, 1.82) is 5.26 Å². The molecule has 168 valence electrons. The Morgan fingerprint density at radius 1 is 1.03 bits per heavy atom. The van der Waals surface area contributed by atoms with Gasteiger partial charge in [-0.1, -0.05) is 49.0 Å². The molecule has 3 aromatic rings. The summed E-state index contributed by atoms with van der Waals surface area (Å²) < 4.78 is 28.3. The molecular weight excluding hydrogens is 430 g/mol. The number of nitriles is 1. The van der Waals surface area contributed by atoms with Gasteiger partial charge >= 0.3 is 0 Å². The highest BCUT2D eigenvalue weighted by molar-refractivity contribution is 7.92. The Morgan fingerprint density at radius 3 is 2.33 bits per heavy atom. The van der Waals surface area contributed by atoms with Gasteiger partial charge in [0.05, 0.1) is 22.2 Å². The number of hydrogen-bond acceptors (Lipinski definition) is 4. The number of benzene rings is 3. The van der Waals surface area contributed by atoms with Gasteiger partial charge < -0.3 is 4.90 Å². The second kappa shape index (κ2) is 9.51. The van der Waals surface area contributed by atoms with Crippen molar-refractivity contribution in [2.75, 3.05) is 17.8 Å². The first-order valence-electron chi connectivity index (χ1n) is 11.0. The minimum atomic E-state index is -3.66. The highest BCUT2D eigenvalue weighted by Gasteiger charge is 2.23. The molecule has 0 saturated carbocycles. The molecule has 1 fully saturated rings. The summed E-state index contributed by atoms with van der Waals surface area (Å²) in [7, 11) is -3.66. The molecule has 1 heterocycles. The second-order valence-corrected chi connectivity index (χ2v) is 10.1. The number of anilines is 1. The van der Waals surface area contributed by atoms with Gasteiger partial charge in [-0.05, 0) is 72.7 Å². The van der Waals surface area contributed by atoms with E-state index in [4.69, 9.17) is 5.26 Å². The summed E-state index contributed by atoms with van der Waals surface area (Å²) in [4.78, 5) is 2.50. The molecule has 0 atom stereocenters. The molecule has 0 unspecified atom stereocenters. The zero-order valence-corrected chi connectivity index (χ0v) is 19.5. The van der Waals surface area contributed by atoms with Crippen LogP contribution in [0.4, 0.5) is 5.69 Å². The Bertz CT molecular complexity index is 1290. The van der Waals surface area contributed by atoms with Gasteiger partial charge in [0.15, 0.2) is 0 Å². The molecular formula is C27H27N3O2S. The maximum atomic E-state index is 12.8. The van der Waals surface area contributed by atoms with E-state index >= 15 is 0 Å². The Balaban J connectivity index is 1.45. The Labute approximate surface area is 196 Å². The molecule has 1 N–H and O–H groups in total. The van der Waals surface area contributed by atoms with Crippen LogP contribution in [0.5, 0.6) is 0 Å². The van der Waals surface area contributed by atoms with Crippen LogP contribution in [0.3, 0.4) is 0 Å². The highest BCUT2D eigenvalue weighted by atomic mass is 32.2. The van der Waals surface area contributed by atoms with Gasteiger partial charge in [0.2, 0.25) is 0 Å². The molecule has 0 aromatic heterocycles. The number of likely N-dealkylation sites (tertiary alicyclic amines) is 1. The van der Waals surface area contributed by atoms with Crippen LogP contribution in [0.25, 0.3) is 5.70 Å². The van der Waals surface area contributed by atoms with E-state index in [2.05, 4.69) is 34.4 Å². The van der Waals surface area contributed by atoms with E-state index in [1.54, 1.807) is 30.3 Å². The average molecular weight is 458 g/mol. The number of piperidine rings is 1. The van der Waals surface area contributed by atoms with Crippen LogP contribution in [0.15, 0.2) is 84.3 Å². The quantitative estimate of drug-likeness (QED) is 0.529. The first kappa shape index (κ1) is 22.6. The van der Waals surface area contributed by atoms with Crippen molar-refractivity contribution >= 4 is 21.4 Å². The van der Waals surface area contributed by atoms with E-state index in [0.717, 1.165) is 42.8 Å². The molecule has 1 saturated heterocycles. The fraction of sp³-hybridized carbons (Fsp3) is 0.222. The predicted octanol–water partition coefficient (Wildman–Crippen LogP) is 5.52. The van der Waals surface area contributed by atoms with Crippen molar-refractivity contribution in [3.63, 3.8) is 0 Å². The first-order valence-corrected chi connectivity index (χ1v) is 12.5. The Hall–Kier alpha value is -3.56. The topological polar surface area (TPSA) is 73.2 Å². The lowest BCUT2D eigenvalue weighted by atomic mass is 9.88. The lowest BCUT2D eigenvalue weighted by molar-refractivity contribution is 0.299.